The van der Waals surface area contributed by atoms with Crippen molar-refractivity contribution in [3.63, 3.8) is 0 Å². The van der Waals surface area contributed by atoms with Crippen molar-refractivity contribution in [2.24, 2.45) is 0 Å². The Labute approximate surface area is 845 Å². The molecule has 2 aliphatic rings. The maximum atomic E-state index is 5.01. The molecule has 0 atom stereocenters. The molecule has 7 nitrogen and oxygen atoms in total. The number of nitrogens with zero attached hydrogens (tertiary/aromatic N) is 7. The summed E-state index contributed by atoms with van der Waals surface area (Å²) in [6.07, 6.45) is 8.05. The van der Waals surface area contributed by atoms with E-state index in [1.807, 2.05) is 24.8 Å². The van der Waals surface area contributed by atoms with Crippen LogP contribution in [0.25, 0.3) is 177 Å². The Morgan fingerprint density at radius 1 is 0.186 bits per heavy atom. The number of para-hydroxylation sites is 4. The minimum absolute atomic E-state index is 0.0216. The van der Waals surface area contributed by atoms with Crippen LogP contribution in [0, 0.1) is 0 Å². The highest BCUT2D eigenvalue weighted by Gasteiger charge is 2.49. The predicted octanol–water partition coefficient (Wildman–Crippen LogP) is 35.6. The fraction of sp³-hybridized carbons (Fsp3) is 0.101. The molecule has 6 aromatic heterocycles. The van der Waals surface area contributed by atoms with Crippen LogP contribution in [0.5, 0.6) is 0 Å². The van der Waals surface area contributed by atoms with Crippen LogP contribution in [0.2, 0.25) is 0 Å². The minimum atomic E-state index is -0.758. The van der Waals surface area contributed by atoms with Gasteiger partial charge in [0.1, 0.15) is 0 Å². The number of pyridine rings is 2. The van der Waals surface area contributed by atoms with E-state index in [-0.39, 0.29) is 16.2 Å². The van der Waals surface area contributed by atoms with Crippen molar-refractivity contribution in [2.75, 3.05) is 4.90 Å². The molecule has 27 rings (SSSR count). The van der Waals surface area contributed by atoms with Gasteiger partial charge in [-0.05, 0) is 292 Å². The molecule has 145 heavy (non-hydrogen) atoms. The average molecular weight is 1860 g/mol. The van der Waals surface area contributed by atoms with E-state index in [0.29, 0.717) is 0 Å². The topological polar surface area (TPSA) is 48.7 Å². The smallest absolute Gasteiger partial charge is 0.0713 e. The Balaban J connectivity index is 0.589. The third-order valence-corrected chi connectivity index (χ3v) is 31.6. The number of hydrogen-bond acceptors (Lipinski definition) is 3. The second-order valence-electron chi connectivity index (χ2n) is 42.9. The van der Waals surface area contributed by atoms with E-state index in [4.69, 9.17) is 9.97 Å². The average Bonchev–Trinajstić information content (AvgIpc) is 1.54. The summed E-state index contributed by atoms with van der Waals surface area (Å²) < 4.78 is 9.71. The molecule has 0 saturated carbocycles. The summed E-state index contributed by atoms with van der Waals surface area (Å²) in [5.41, 5.74) is 42.4. The van der Waals surface area contributed by atoms with E-state index < -0.39 is 10.8 Å². The van der Waals surface area contributed by atoms with E-state index in [0.717, 1.165) is 117 Å². The van der Waals surface area contributed by atoms with Crippen LogP contribution in [0.3, 0.4) is 0 Å². The number of benzene rings is 19. The van der Waals surface area contributed by atoms with Gasteiger partial charge in [-0.25, -0.2) is 0 Å². The molecule has 0 spiro atoms. The van der Waals surface area contributed by atoms with Gasteiger partial charge in [-0.1, -0.05) is 341 Å². The fourth-order valence-electron chi connectivity index (χ4n) is 24.5. The van der Waals surface area contributed by atoms with E-state index >= 15 is 0 Å². The van der Waals surface area contributed by atoms with Crippen LogP contribution in [0.1, 0.15) is 124 Å². The van der Waals surface area contributed by atoms with Crippen molar-refractivity contribution in [3.05, 3.63) is 535 Å². The van der Waals surface area contributed by atoms with Crippen LogP contribution in [-0.4, -0.2) is 28.2 Å². The van der Waals surface area contributed by atoms with Crippen LogP contribution < -0.4 is 4.90 Å². The number of fused-ring (bicyclic) bond motifs is 18. The lowest BCUT2D eigenvalue weighted by molar-refractivity contribution is 0.590. The summed E-state index contributed by atoms with van der Waals surface area (Å²) in [6.45, 7) is 20.7. The zero-order valence-electron chi connectivity index (χ0n) is 82.7. The van der Waals surface area contributed by atoms with Gasteiger partial charge < -0.3 is 23.2 Å². The van der Waals surface area contributed by atoms with Crippen molar-refractivity contribution in [3.8, 4) is 89.5 Å². The van der Waals surface area contributed by atoms with Crippen molar-refractivity contribution in [1.29, 1.82) is 0 Å². The second kappa shape index (κ2) is 33.0. The Kier molecular flexibility index (Phi) is 19.7. The van der Waals surface area contributed by atoms with Gasteiger partial charge in [-0.2, -0.15) is 0 Å². The van der Waals surface area contributed by atoms with Crippen LogP contribution >= 0.6 is 0 Å². The molecule has 6 heterocycles. The van der Waals surface area contributed by atoms with Crippen molar-refractivity contribution in [2.45, 2.75) is 89.4 Å². The highest BCUT2D eigenvalue weighted by Crippen LogP contribution is 2.60. The molecule has 0 radical (unpaired) electrons. The summed E-state index contributed by atoms with van der Waals surface area (Å²) in [5.74, 6) is 0. The van der Waals surface area contributed by atoms with Crippen molar-refractivity contribution in [1.82, 2.24) is 28.2 Å². The zero-order chi connectivity index (χ0) is 97.5. The van der Waals surface area contributed by atoms with Gasteiger partial charge >= 0.3 is 0 Å². The minimum Gasteiger partial charge on any atom is -0.311 e. The van der Waals surface area contributed by atoms with E-state index in [1.54, 1.807) is 0 Å². The van der Waals surface area contributed by atoms with E-state index in [2.05, 4.69) is 534 Å². The SMILES string of the molecule is CC(C)(C)c1ccc(N(c2ccc(C3(c4ccc5c(c4)c4cc(-c6cncc(-c7ccc(-n8c9ccccc9c9ccccc98)cc7)c6)ccc4n5-c4ccc(C(C)(C)C)cc4)c4ccccc4-c4ccccc43)cc2)c2ccc(C3(c4ccc5c(c4)c4cc(-c6cncc(-c7ccc(-n8c9ccccc9c9ccccc98)cc7)c6)ccc4n5-c4ccc(C(C)(C)C)cc4)c4ccccc4-c4ccccc43)cc2)cc1. The lowest BCUT2D eigenvalue weighted by Crippen LogP contribution is -2.29. The van der Waals surface area contributed by atoms with Crippen LogP contribution in [0.4, 0.5) is 17.1 Å². The van der Waals surface area contributed by atoms with Gasteiger partial charge in [0.15, 0.2) is 0 Å². The predicted molar refractivity (Wildman–Crippen MR) is 607 cm³/mol. The third kappa shape index (κ3) is 13.7. The summed E-state index contributed by atoms with van der Waals surface area (Å²) >= 11 is 0. The van der Waals surface area contributed by atoms with Gasteiger partial charge in [-0.15, -0.1) is 0 Å². The molecule has 0 N–H and O–H groups in total. The number of rotatable bonds is 15. The third-order valence-electron chi connectivity index (χ3n) is 31.6. The normalized spacial score (nSPS) is 13.2. The molecule has 7 heteroatoms. The van der Waals surface area contributed by atoms with Gasteiger partial charge in [-0.3, -0.25) is 9.97 Å². The summed E-state index contributed by atoms with van der Waals surface area (Å²) in [4.78, 5) is 12.5. The molecule has 0 bridgehead atoms. The molecule has 25 aromatic rings. The Morgan fingerprint density at radius 3 is 0.717 bits per heavy atom. The lowest BCUT2D eigenvalue weighted by atomic mass is 9.67. The first-order valence-electron chi connectivity index (χ1n) is 50.8. The van der Waals surface area contributed by atoms with Gasteiger partial charge in [0.05, 0.1) is 55.0 Å². The molecule has 19 aromatic carbocycles. The summed E-state index contributed by atoms with van der Waals surface area (Å²) in [7, 11) is 0. The molecule has 0 amide bonds. The Bertz CT molecular complexity index is 8790. The molecule has 0 aliphatic heterocycles. The van der Waals surface area contributed by atoms with Crippen molar-refractivity contribution < 1.29 is 0 Å². The van der Waals surface area contributed by atoms with Crippen LogP contribution in [0.15, 0.2) is 474 Å². The van der Waals surface area contributed by atoms with Gasteiger partial charge in [0.25, 0.3) is 0 Å². The molecule has 2 aliphatic carbocycles. The Hall–Kier alpha value is -17.5. The fourth-order valence-corrected chi connectivity index (χ4v) is 24.5. The van der Waals surface area contributed by atoms with E-state index in [1.165, 1.54) is 138 Å². The molecule has 0 saturated heterocycles. The van der Waals surface area contributed by atoms with Crippen LogP contribution in [-0.2, 0) is 27.1 Å². The molecule has 0 fully saturated rings. The summed E-state index contributed by atoms with van der Waals surface area (Å²) in [5, 5.41) is 9.65. The second-order valence-corrected chi connectivity index (χ2v) is 42.9. The maximum Gasteiger partial charge on any atom is 0.0713 e. The standard InChI is InChI=1S/C138H105N7/c1-134(2,3)96-48-64-103(65-49-96)141(104-70-54-99(55-71-104)137(122-34-18-10-26-110(122)111-27-11-19-35-123(111)137)101-58-76-132-120(82-101)118-80-90(46-74-130(118)144(132)108-66-50-97(51-67-108)135(4,5)6)94-78-92(84-139-86-94)88-42-60-106(61-43-88)142-126-38-22-14-30-114(126)115-31-15-23-39-127(115)142)105-72-56-100(57-73-105)138(124-36-20-12-28-112(124)113-29-13-21-37-125(113)138)102-59-77-133-121(83-102)119-81-91(47-75-131(119)145(133)109-68-52-98(53-69-109)136(7,8)9)95-79-93(85-140-87-95)89-44-62-107(63-45-89)143-128-40-24-16-32-116(128)117-33-17-25-41-129(117)143/h10-87H,1-9H3. The largest absolute Gasteiger partial charge is 0.311 e. The molecule has 0 unspecified atom stereocenters. The zero-order valence-corrected chi connectivity index (χ0v) is 82.7. The highest BCUT2D eigenvalue weighted by atomic mass is 15.1. The van der Waals surface area contributed by atoms with Gasteiger partial charge in [0, 0.05) is 130 Å². The first-order chi connectivity index (χ1) is 70.8. The first kappa shape index (κ1) is 86.6. The monoisotopic (exact) mass is 1860 g/mol. The number of aromatic nitrogens is 6. The van der Waals surface area contributed by atoms with Crippen molar-refractivity contribution >= 4 is 104 Å². The molecular weight excluding hydrogens is 1760 g/mol. The number of anilines is 3. The Morgan fingerprint density at radius 2 is 0.414 bits per heavy atom. The quantitative estimate of drug-likeness (QED) is 0.103. The van der Waals surface area contributed by atoms with Gasteiger partial charge in [0.2, 0.25) is 0 Å². The molecular formula is C138H105N7. The first-order valence-corrected chi connectivity index (χ1v) is 50.8. The number of hydrogen-bond donors (Lipinski definition) is 0. The van der Waals surface area contributed by atoms with E-state index in [9.17, 15) is 0 Å². The maximum absolute atomic E-state index is 5.01. The molecule has 692 valence electrons. The lowest BCUT2D eigenvalue weighted by Gasteiger charge is -2.35. The summed E-state index contributed by atoms with van der Waals surface area (Å²) in [6, 6.07) is 170. The highest BCUT2D eigenvalue weighted by molar-refractivity contribution is 6.15.